The molecule has 0 aliphatic heterocycles. The van der Waals surface area contributed by atoms with E-state index >= 15 is 0 Å². The lowest BCUT2D eigenvalue weighted by atomic mass is 10.1. The second-order valence-electron chi connectivity index (χ2n) is 4.61. The van der Waals surface area contributed by atoms with E-state index in [1.54, 1.807) is 0 Å². The summed E-state index contributed by atoms with van der Waals surface area (Å²) in [5, 5.41) is 4.17. The van der Waals surface area contributed by atoms with Gasteiger partial charge in [0, 0.05) is 23.3 Å². The Balaban J connectivity index is 1.90. The fourth-order valence-electron chi connectivity index (χ4n) is 2.05. The number of nitrogens with two attached hydrogens (primary N) is 1. The molecule has 0 radical (unpaired) electrons. The number of hydrogen-bond donors (Lipinski definition) is 2. The minimum absolute atomic E-state index is 0.263. The van der Waals surface area contributed by atoms with Crippen molar-refractivity contribution in [3.8, 4) is 0 Å². The Bertz CT molecular complexity index is 499. The lowest BCUT2D eigenvalue weighted by molar-refractivity contribution is 0.660. The molecule has 2 aromatic rings. The standard InChI is InChI=1S/C16H19ClN2/c17-14-7-4-8-15(11-14)19-16(12-18)10-9-13-5-2-1-3-6-13/h1-8,11,16,19H,9-10,12,18H2. The number of halogens is 1. The molecule has 0 bridgehead atoms. The van der Waals surface area contributed by atoms with Gasteiger partial charge in [0.1, 0.15) is 0 Å². The van der Waals surface area contributed by atoms with Crippen molar-refractivity contribution >= 4 is 17.3 Å². The summed E-state index contributed by atoms with van der Waals surface area (Å²) >= 11 is 5.97. The van der Waals surface area contributed by atoms with Crippen LogP contribution in [0.2, 0.25) is 5.02 Å². The first-order chi connectivity index (χ1) is 9.28. The molecule has 2 nitrogen and oxygen atoms in total. The van der Waals surface area contributed by atoms with Gasteiger partial charge in [0.25, 0.3) is 0 Å². The van der Waals surface area contributed by atoms with Gasteiger partial charge in [0.2, 0.25) is 0 Å². The van der Waals surface area contributed by atoms with E-state index in [2.05, 4.69) is 29.6 Å². The molecule has 1 atom stereocenters. The van der Waals surface area contributed by atoms with E-state index in [1.807, 2.05) is 30.3 Å². The SMILES string of the molecule is NCC(CCc1ccccc1)Nc1cccc(Cl)c1. The minimum atomic E-state index is 0.263. The molecule has 1 unspecified atom stereocenters. The third-order valence-corrected chi connectivity index (χ3v) is 3.34. The first-order valence-corrected chi connectivity index (χ1v) is 6.92. The highest BCUT2D eigenvalue weighted by atomic mass is 35.5. The van der Waals surface area contributed by atoms with E-state index in [1.165, 1.54) is 5.56 Å². The van der Waals surface area contributed by atoms with E-state index in [9.17, 15) is 0 Å². The molecule has 0 spiro atoms. The van der Waals surface area contributed by atoms with Crippen LogP contribution in [0.4, 0.5) is 5.69 Å². The lowest BCUT2D eigenvalue weighted by Crippen LogP contribution is -2.29. The Morgan fingerprint density at radius 2 is 1.84 bits per heavy atom. The highest BCUT2D eigenvalue weighted by molar-refractivity contribution is 6.30. The fraction of sp³-hybridized carbons (Fsp3) is 0.250. The van der Waals surface area contributed by atoms with E-state index in [-0.39, 0.29) is 6.04 Å². The summed E-state index contributed by atoms with van der Waals surface area (Å²) in [5.74, 6) is 0. The third-order valence-electron chi connectivity index (χ3n) is 3.10. The zero-order valence-electron chi connectivity index (χ0n) is 10.9. The van der Waals surface area contributed by atoms with Crippen LogP contribution in [-0.2, 0) is 6.42 Å². The Labute approximate surface area is 119 Å². The quantitative estimate of drug-likeness (QED) is 0.843. The summed E-state index contributed by atoms with van der Waals surface area (Å²) in [6.07, 6.45) is 2.03. The highest BCUT2D eigenvalue weighted by Crippen LogP contribution is 2.17. The Morgan fingerprint density at radius 3 is 2.53 bits per heavy atom. The number of nitrogens with one attached hydrogen (secondary N) is 1. The van der Waals surface area contributed by atoms with Crippen LogP contribution < -0.4 is 11.1 Å². The van der Waals surface area contributed by atoms with Gasteiger partial charge >= 0.3 is 0 Å². The van der Waals surface area contributed by atoms with Crippen LogP contribution in [0.5, 0.6) is 0 Å². The van der Waals surface area contributed by atoms with Crippen molar-refractivity contribution in [3.05, 3.63) is 65.2 Å². The van der Waals surface area contributed by atoms with Crippen LogP contribution in [0, 0.1) is 0 Å². The van der Waals surface area contributed by atoms with E-state index in [0.717, 1.165) is 23.6 Å². The molecule has 3 N–H and O–H groups in total. The van der Waals surface area contributed by atoms with Gasteiger partial charge in [-0.05, 0) is 36.6 Å². The van der Waals surface area contributed by atoms with E-state index < -0.39 is 0 Å². The second kappa shape index (κ2) is 7.17. The van der Waals surface area contributed by atoms with Gasteiger partial charge in [0.05, 0.1) is 0 Å². The highest BCUT2D eigenvalue weighted by Gasteiger charge is 2.07. The molecule has 3 heteroatoms. The molecule has 19 heavy (non-hydrogen) atoms. The molecule has 100 valence electrons. The van der Waals surface area contributed by atoms with Crippen LogP contribution in [0.15, 0.2) is 54.6 Å². The van der Waals surface area contributed by atoms with Gasteiger partial charge in [-0.25, -0.2) is 0 Å². The van der Waals surface area contributed by atoms with Gasteiger partial charge in [-0.3, -0.25) is 0 Å². The predicted octanol–water partition coefficient (Wildman–Crippen LogP) is 3.71. The van der Waals surface area contributed by atoms with Gasteiger partial charge in [-0.2, -0.15) is 0 Å². The van der Waals surface area contributed by atoms with E-state index in [0.29, 0.717) is 6.54 Å². The predicted molar refractivity (Wildman–Crippen MR) is 82.7 cm³/mol. The first-order valence-electron chi connectivity index (χ1n) is 6.54. The molecule has 0 saturated heterocycles. The van der Waals surface area contributed by atoms with Crippen LogP contribution in [0.1, 0.15) is 12.0 Å². The van der Waals surface area contributed by atoms with Gasteiger partial charge in [0.15, 0.2) is 0 Å². The monoisotopic (exact) mass is 274 g/mol. The van der Waals surface area contributed by atoms with Crippen molar-refractivity contribution < 1.29 is 0 Å². The molecule has 0 amide bonds. The van der Waals surface area contributed by atoms with E-state index in [4.69, 9.17) is 17.3 Å². The van der Waals surface area contributed by atoms with Crippen LogP contribution in [-0.4, -0.2) is 12.6 Å². The normalized spacial score (nSPS) is 12.1. The second-order valence-corrected chi connectivity index (χ2v) is 5.05. The maximum absolute atomic E-state index is 5.97. The summed E-state index contributed by atoms with van der Waals surface area (Å²) in [5.41, 5.74) is 8.19. The van der Waals surface area contributed by atoms with Crippen molar-refractivity contribution in [1.29, 1.82) is 0 Å². The molecule has 0 aliphatic rings. The minimum Gasteiger partial charge on any atom is -0.381 e. The average Bonchev–Trinajstić information content (AvgIpc) is 2.44. The molecular weight excluding hydrogens is 256 g/mol. The summed E-state index contributed by atoms with van der Waals surface area (Å²) in [7, 11) is 0. The molecule has 0 saturated carbocycles. The number of hydrogen-bond acceptors (Lipinski definition) is 2. The number of rotatable bonds is 6. The van der Waals surface area contributed by atoms with Crippen molar-refractivity contribution in [1.82, 2.24) is 0 Å². The summed E-state index contributed by atoms with van der Waals surface area (Å²) in [4.78, 5) is 0. The maximum Gasteiger partial charge on any atom is 0.0426 e. The maximum atomic E-state index is 5.97. The molecule has 0 heterocycles. The van der Waals surface area contributed by atoms with Crippen LogP contribution in [0.3, 0.4) is 0 Å². The average molecular weight is 275 g/mol. The Hall–Kier alpha value is -1.51. The zero-order chi connectivity index (χ0) is 13.5. The topological polar surface area (TPSA) is 38.0 Å². The van der Waals surface area contributed by atoms with Crippen molar-refractivity contribution in [3.63, 3.8) is 0 Å². The molecule has 0 fully saturated rings. The third kappa shape index (κ3) is 4.58. The van der Waals surface area contributed by atoms with Crippen molar-refractivity contribution in [2.45, 2.75) is 18.9 Å². The van der Waals surface area contributed by atoms with Gasteiger partial charge in [-0.15, -0.1) is 0 Å². The van der Waals surface area contributed by atoms with Gasteiger partial charge in [-0.1, -0.05) is 48.0 Å². The first kappa shape index (κ1) is 13.9. The molecular formula is C16H19ClN2. The molecule has 2 aromatic carbocycles. The number of benzene rings is 2. The van der Waals surface area contributed by atoms with Crippen molar-refractivity contribution in [2.75, 3.05) is 11.9 Å². The smallest absolute Gasteiger partial charge is 0.0426 e. The number of aryl methyl sites for hydroxylation is 1. The van der Waals surface area contributed by atoms with Crippen LogP contribution in [0.25, 0.3) is 0 Å². The van der Waals surface area contributed by atoms with Crippen LogP contribution >= 0.6 is 11.6 Å². The zero-order valence-corrected chi connectivity index (χ0v) is 11.6. The molecule has 0 aliphatic carbocycles. The fourth-order valence-corrected chi connectivity index (χ4v) is 2.24. The largest absolute Gasteiger partial charge is 0.381 e. The summed E-state index contributed by atoms with van der Waals surface area (Å²) in [6.45, 7) is 0.610. The Morgan fingerprint density at radius 1 is 1.05 bits per heavy atom. The molecule has 0 aromatic heterocycles. The summed E-state index contributed by atoms with van der Waals surface area (Å²) in [6, 6.07) is 18.5. The van der Waals surface area contributed by atoms with Gasteiger partial charge < -0.3 is 11.1 Å². The lowest BCUT2D eigenvalue weighted by Gasteiger charge is -2.18. The Kier molecular flexibility index (Phi) is 5.25. The number of anilines is 1. The summed E-state index contributed by atoms with van der Waals surface area (Å²) < 4.78 is 0. The van der Waals surface area contributed by atoms with Crippen molar-refractivity contribution in [2.24, 2.45) is 5.73 Å². The molecule has 2 rings (SSSR count).